The molecule has 0 amide bonds. The molecule has 3 aliphatic rings. The van der Waals surface area contributed by atoms with Crippen LogP contribution in [0, 0.1) is 11.8 Å². The zero-order valence-electron chi connectivity index (χ0n) is 14.3. The number of carbonyl (C=O) groups is 2. The molecule has 2 saturated heterocycles. The van der Waals surface area contributed by atoms with Crippen molar-refractivity contribution in [1.82, 2.24) is 0 Å². The number of rotatable bonds is 1. The Bertz CT molecular complexity index is 682. The van der Waals surface area contributed by atoms with Gasteiger partial charge in [0.15, 0.2) is 23.6 Å². The van der Waals surface area contributed by atoms with Crippen molar-refractivity contribution in [3.8, 4) is 0 Å². The van der Waals surface area contributed by atoms with Crippen LogP contribution >= 0.6 is 0 Å². The number of Topliss-reactive ketones (excluding diaryl/α,β-unsaturated/α-hetero) is 2. The molecule has 4 rings (SSSR count). The lowest BCUT2D eigenvalue weighted by molar-refractivity contribution is -0.208. The molecule has 22 heavy (non-hydrogen) atoms. The van der Waals surface area contributed by atoms with E-state index in [0.717, 1.165) is 0 Å². The fourth-order valence-electron chi connectivity index (χ4n) is 3.65. The number of hydrogen-bond donors (Lipinski definition) is 0. The van der Waals surface area contributed by atoms with E-state index in [4.69, 9.17) is 17.0 Å². The van der Waals surface area contributed by atoms with Crippen molar-refractivity contribution in [1.29, 1.82) is 0 Å². The number of benzene rings is 1. The molecule has 0 N–H and O–H groups in total. The van der Waals surface area contributed by atoms with Crippen LogP contribution in [0.3, 0.4) is 0 Å². The average molecular weight is 304 g/mol. The van der Waals surface area contributed by atoms with E-state index in [1.54, 1.807) is 38.1 Å². The lowest BCUT2D eigenvalue weighted by atomic mass is 9.82. The molecule has 2 heterocycles. The number of fused-ring (bicyclic) bond motifs is 2. The molecule has 2 fully saturated rings. The summed E-state index contributed by atoms with van der Waals surface area (Å²) in [6, 6.07) is 6.70. The monoisotopic (exact) mass is 304 g/mol. The Kier molecular flexibility index (Phi) is 2.43. The molecule has 2 aliphatic heterocycles. The van der Waals surface area contributed by atoms with E-state index in [2.05, 4.69) is 0 Å². The first kappa shape index (κ1) is 11.9. The van der Waals surface area contributed by atoms with Gasteiger partial charge in [0, 0.05) is 19.8 Å². The summed E-state index contributed by atoms with van der Waals surface area (Å²) in [7, 11) is 0. The van der Waals surface area contributed by atoms with Gasteiger partial charge in [-0.2, -0.15) is 0 Å². The van der Waals surface area contributed by atoms with E-state index in [1.165, 1.54) is 0 Å². The van der Waals surface area contributed by atoms with E-state index < -0.39 is 43.0 Å². The Balaban J connectivity index is 1.74. The minimum atomic E-state index is -1.35. The topological polar surface area (TPSA) is 61.8 Å². The van der Waals surface area contributed by atoms with E-state index >= 15 is 0 Å². The summed E-state index contributed by atoms with van der Waals surface area (Å²) in [5.74, 6) is -3.16. The Morgan fingerprint density at radius 2 is 1.73 bits per heavy atom. The second-order valence-corrected chi connectivity index (χ2v) is 6.40. The summed E-state index contributed by atoms with van der Waals surface area (Å²) in [5.41, 5.74) is 0.777. The lowest BCUT2D eigenvalue weighted by Crippen LogP contribution is -2.38. The van der Waals surface area contributed by atoms with Gasteiger partial charge in [0.25, 0.3) is 0 Å². The van der Waals surface area contributed by atoms with Gasteiger partial charge in [-0.25, -0.2) is 0 Å². The number of carbonyl (C=O) groups excluding carboxylic acids is 2. The molecular formula is C17H18O5. The third-order valence-corrected chi connectivity index (χ3v) is 4.55. The summed E-state index contributed by atoms with van der Waals surface area (Å²) in [5, 5.41) is 0. The fourth-order valence-corrected chi connectivity index (χ4v) is 3.65. The zero-order chi connectivity index (χ0) is 17.2. The first-order valence-electron chi connectivity index (χ1n) is 8.49. The van der Waals surface area contributed by atoms with Crippen LogP contribution in [-0.2, 0) is 14.2 Å². The molecular weight excluding hydrogens is 284 g/mol. The quantitative estimate of drug-likeness (QED) is 0.744. The maximum atomic E-state index is 12.8. The number of hydrogen-bond acceptors (Lipinski definition) is 5. The molecule has 0 radical (unpaired) electrons. The average Bonchev–Trinajstić information content (AvgIpc) is 3.08. The highest BCUT2D eigenvalue weighted by atomic mass is 16.8. The predicted octanol–water partition coefficient (Wildman–Crippen LogP) is 2.19. The normalized spacial score (nSPS) is 38.1. The smallest absolute Gasteiger partial charge is 0.187 e. The molecule has 116 valence electrons. The van der Waals surface area contributed by atoms with E-state index in [1.807, 2.05) is 0 Å². The number of ketones is 2. The van der Waals surface area contributed by atoms with Crippen molar-refractivity contribution in [2.75, 3.05) is 0 Å². The SMILES string of the molecule is [2H]C([2H])[C@H]1O[C@H]2OC(C)(C)O[C@H]2C1C1C(=O)c2ccccc2C1=O. The Hall–Kier alpha value is -1.56. The van der Waals surface area contributed by atoms with Crippen LogP contribution in [0.15, 0.2) is 24.3 Å². The first-order chi connectivity index (χ1) is 11.3. The molecule has 1 aromatic rings. The lowest BCUT2D eigenvalue weighted by Gasteiger charge is -2.26. The van der Waals surface area contributed by atoms with Crippen LogP contribution in [0.1, 0.15) is 44.2 Å². The molecule has 1 aliphatic carbocycles. The summed E-state index contributed by atoms with van der Waals surface area (Å²) in [6.45, 7) is 2.11. The van der Waals surface area contributed by atoms with Crippen LogP contribution in [-0.4, -0.2) is 35.9 Å². The predicted molar refractivity (Wildman–Crippen MR) is 76.5 cm³/mol. The fraction of sp³-hybridized carbons (Fsp3) is 0.529. The maximum absolute atomic E-state index is 12.8. The zero-order valence-corrected chi connectivity index (χ0v) is 12.3. The van der Waals surface area contributed by atoms with Crippen LogP contribution in [0.5, 0.6) is 0 Å². The Morgan fingerprint density at radius 3 is 2.32 bits per heavy atom. The molecule has 0 spiro atoms. The van der Waals surface area contributed by atoms with Crippen molar-refractivity contribution in [3.63, 3.8) is 0 Å². The third kappa shape index (κ3) is 1.82. The van der Waals surface area contributed by atoms with E-state index in [0.29, 0.717) is 11.1 Å². The minimum absolute atomic E-state index is 0.288. The van der Waals surface area contributed by atoms with Gasteiger partial charge in [-0.3, -0.25) is 9.59 Å². The molecule has 0 aromatic heterocycles. The summed E-state index contributed by atoms with van der Waals surface area (Å²) < 4.78 is 32.7. The molecule has 1 unspecified atom stereocenters. The molecule has 5 nitrogen and oxygen atoms in total. The molecule has 1 aromatic carbocycles. The Labute approximate surface area is 131 Å². The molecule has 4 atom stereocenters. The second-order valence-electron chi connectivity index (χ2n) is 6.40. The van der Waals surface area contributed by atoms with Crippen LogP contribution < -0.4 is 0 Å². The van der Waals surface area contributed by atoms with Gasteiger partial charge in [0.2, 0.25) is 0 Å². The van der Waals surface area contributed by atoms with Gasteiger partial charge in [-0.15, -0.1) is 0 Å². The number of ether oxygens (including phenoxy) is 3. The second kappa shape index (κ2) is 4.47. The summed E-state index contributed by atoms with van der Waals surface area (Å²) in [6.07, 6.45) is -2.32. The largest absolute Gasteiger partial charge is 0.346 e. The van der Waals surface area contributed by atoms with Gasteiger partial charge in [0.1, 0.15) is 6.10 Å². The standard InChI is InChI=1S/C17H18O5/c1-8-11(15-16(20-8)22-17(2,3)21-15)12-13(18)9-6-4-5-7-10(9)14(12)19/h4-8,11-12,15-16H,1-3H3/t8-,11?,15+,16+/m1/s1/i1D2. The van der Waals surface area contributed by atoms with Crippen LogP contribution in [0.2, 0.25) is 0 Å². The summed E-state index contributed by atoms with van der Waals surface area (Å²) in [4.78, 5) is 25.6. The van der Waals surface area contributed by atoms with Crippen molar-refractivity contribution in [3.05, 3.63) is 35.4 Å². The van der Waals surface area contributed by atoms with Crippen LogP contribution in [0.4, 0.5) is 0 Å². The van der Waals surface area contributed by atoms with Gasteiger partial charge in [-0.05, 0) is 20.7 Å². The summed E-state index contributed by atoms with van der Waals surface area (Å²) >= 11 is 0. The van der Waals surface area contributed by atoms with E-state index in [9.17, 15) is 9.59 Å². The van der Waals surface area contributed by atoms with Gasteiger partial charge < -0.3 is 14.2 Å². The van der Waals surface area contributed by atoms with Crippen molar-refractivity contribution in [2.24, 2.45) is 11.8 Å². The molecule has 5 heteroatoms. The van der Waals surface area contributed by atoms with Crippen molar-refractivity contribution >= 4 is 11.6 Å². The van der Waals surface area contributed by atoms with Gasteiger partial charge in [-0.1, -0.05) is 24.3 Å². The molecule has 0 bridgehead atoms. The highest BCUT2D eigenvalue weighted by Crippen LogP contribution is 2.46. The van der Waals surface area contributed by atoms with Gasteiger partial charge in [0.05, 0.1) is 12.0 Å². The first-order valence-corrected chi connectivity index (χ1v) is 7.33. The van der Waals surface area contributed by atoms with Crippen molar-refractivity contribution < 1.29 is 26.5 Å². The molecule has 0 saturated carbocycles. The highest BCUT2D eigenvalue weighted by molar-refractivity contribution is 6.26. The van der Waals surface area contributed by atoms with Gasteiger partial charge >= 0.3 is 0 Å². The minimum Gasteiger partial charge on any atom is -0.346 e. The highest BCUT2D eigenvalue weighted by Gasteiger charge is 2.59. The van der Waals surface area contributed by atoms with E-state index in [-0.39, 0.29) is 11.6 Å². The Morgan fingerprint density at radius 1 is 1.09 bits per heavy atom. The van der Waals surface area contributed by atoms with Crippen LogP contribution in [0.25, 0.3) is 0 Å². The third-order valence-electron chi connectivity index (χ3n) is 4.55. The van der Waals surface area contributed by atoms with Crippen molar-refractivity contribution in [2.45, 2.75) is 45.0 Å². The maximum Gasteiger partial charge on any atom is 0.187 e.